The van der Waals surface area contributed by atoms with Crippen LogP contribution < -0.4 is 0 Å². The summed E-state index contributed by atoms with van der Waals surface area (Å²) >= 11 is 5.92. The van der Waals surface area contributed by atoms with Gasteiger partial charge in [0.05, 0.1) is 11.8 Å². The van der Waals surface area contributed by atoms with E-state index in [0.29, 0.717) is 24.0 Å². The summed E-state index contributed by atoms with van der Waals surface area (Å²) in [6.45, 7) is 5.78. The molecule has 0 spiro atoms. The number of nitrogens with zero attached hydrogens (tertiary/aromatic N) is 4. The molecule has 1 unspecified atom stereocenters. The number of benzene rings is 1. The van der Waals surface area contributed by atoms with Crippen molar-refractivity contribution in [2.75, 3.05) is 19.7 Å². The Morgan fingerprint density at radius 3 is 2.83 bits per heavy atom. The first kappa shape index (κ1) is 16.9. The predicted octanol–water partition coefficient (Wildman–Crippen LogP) is 2.87. The van der Waals surface area contributed by atoms with E-state index in [1.807, 2.05) is 26.0 Å². The molecule has 2 aromatic rings. The summed E-state index contributed by atoms with van der Waals surface area (Å²) in [5.74, 6) is 0.744. The molecule has 0 aliphatic carbocycles. The Labute approximate surface area is 146 Å². The molecule has 1 aromatic heterocycles. The molecule has 0 saturated carbocycles. The minimum atomic E-state index is -0.143. The van der Waals surface area contributed by atoms with E-state index < -0.39 is 0 Å². The van der Waals surface area contributed by atoms with Crippen LogP contribution in [-0.2, 0) is 4.74 Å². The number of carbonyl (C=O) groups is 1. The van der Waals surface area contributed by atoms with Crippen molar-refractivity contribution in [2.45, 2.75) is 32.8 Å². The summed E-state index contributed by atoms with van der Waals surface area (Å²) in [6.07, 6.45) is 2.03. The number of hydrogen-bond acceptors (Lipinski definition) is 4. The molecule has 0 radical (unpaired) electrons. The number of piperidine rings is 1. The molecular weight excluding hydrogens is 328 g/mol. The van der Waals surface area contributed by atoms with Gasteiger partial charge in [0.2, 0.25) is 5.82 Å². The summed E-state index contributed by atoms with van der Waals surface area (Å²) in [7, 11) is 0. The van der Waals surface area contributed by atoms with E-state index in [4.69, 9.17) is 16.3 Å². The van der Waals surface area contributed by atoms with Gasteiger partial charge in [-0.15, -0.1) is 5.10 Å². The Bertz CT molecular complexity index is 712. The summed E-state index contributed by atoms with van der Waals surface area (Å²) in [4.78, 5) is 18.8. The van der Waals surface area contributed by atoms with Crippen LogP contribution in [-0.4, -0.2) is 51.4 Å². The number of aromatic nitrogens is 3. The van der Waals surface area contributed by atoms with Crippen LogP contribution in [0.4, 0.5) is 0 Å². The summed E-state index contributed by atoms with van der Waals surface area (Å²) in [5.41, 5.74) is 0.828. The molecule has 0 N–H and O–H groups in total. The number of carbonyl (C=O) groups excluding carboxylic acids is 1. The minimum absolute atomic E-state index is 0.104. The smallest absolute Gasteiger partial charge is 0.293 e. The molecule has 3 rings (SSSR count). The van der Waals surface area contributed by atoms with Crippen LogP contribution >= 0.6 is 11.6 Å². The third-order valence-electron chi connectivity index (χ3n) is 4.10. The average molecular weight is 349 g/mol. The molecule has 1 amide bonds. The van der Waals surface area contributed by atoms with Crippen molar-refractivity contribution < 1.29 is 9.53 Å². The van der Waals surface area contributed by atoms with E-state index in [1.165, 1.54) is 0 Å². The first-order chi connectivity index (χ1) is 11.6. The van der Waals surface area contributed by atoms with Gasteiger partial charge in [0, 0.05) is 24.7 Å². The van der Waals surface area contributed by atoms with Gasteiger partial charge in [-0.1, -0.05) is 11.6 Å². The second-order valence-corrected chi connectivity index (χ2v) is 6.28. The number of halogens is 1. The molecule has 7 heteroatoms. The van der Waals surface area contributed by atoms with Crippen LogP contribution in [0.3, 0.4) is 0 Å². The number of amides is 1. The number of aryl methyl sites for hydroxylation is 1. The zero-order chi connectivity index (χ0) is 17.1. The number of ether oxygens (including phenoxy) is 1. The SMILES string of the molecule is CCOC1CCCN(C(=O)c2nc(C)n(-c3ccc(Cl)cc3)n2)C1. The normalized spacial score (nSPS) is 18.0. The van der Waals surface area contributed by atoms with Crippen LogP contribution in [0, 0.1) is 6.92 Å². The topological polar surface area (TPSA) is 60.2 Å². The zero-order valence-corrected chi connectivity index (χ0v) is 14.7. The standard InChI is InChI=1S/C17H21ClN4O2/c1-3-24-15-5-4-10-21(11-15)17(23)16-19-12(2)22(20-16)14-8-6-13(18)7-9-14/h6-9,15H,3-5,10-11H2,1-2H3. The molecule has 0 bridgehead atoms. The van der Waals surface area contributed by atoms with Gasteiger partial charge in [0.15, 0.2) is 0 Å². The number of rotatable bonds is 4. The first-order valence-corrected chi connectivity index (χ1v) is 8.56. The summed E-state index contributed by atoms with van der Waals surface area (Å²) in [5, 5.41) is 5.04. The second kappa shape index (κ2) is 7.32. The van der Waals surface area contributed by atoms with Crippen LogP contribution in [0.15, 0.2) is 24.3 Å². The van der Waals surface area contributed by atoms with E-state index in [0.717, 1.165) is 25.1 Å². The fraction of sp³-hybridized carbons (Fsp3) is 0.471. The van der Waals surface area contributed by atoms with Crippen molar-refractivity contribution in [3.63, 3.8) is 0 Å². The highest BCUT2D eigenvalue weighted by atomic mass is 35.5. The fourth-order valence-corrected chi connectivity index (χ4v) is 3.07. The lowest BCUT2D eigenvalue weighted by Crippen LogP contribution is -2.43. The van der Waals surface area contributed by atoms with E-state index in [1.54, 1.807) is 21.7 Å². The molecule has 2 heterocycles. The molecule has 1 fully saturated rings. The lowest BCUT2D eigenvalue weighted by Gasteiger charge is -2.31. The van der Waals surface area contributed by atoms with Crippen LogP contribution in [0.5, 0.6) is 0 Å². The van der Waals surface area contributed by atoms with Gasteiger partial charge in [-0.25, -0.2) is 9.67 Å². The van der Waals surface area contributed by atoms with Gasteiger partial charge in [-0.3, -0.25) is 4.79 Å². The lowest BCUT2D eigenvalue weighted by molar-refractivity contribution is 0.00681. The first-order valence-electron chi connectivity index (χ1n) is 8.19. The Kier molecular flexibility index (Phi) is 5.16. The Hall–Kier alpha value is -1.92. The highest BCUT2D eigenvalue weighted by molar-refractivity contribution is 6.30. The Balaban J connectivity index is 1.78. The molecular formula is C17H21ClN4O2. The highest BCUT2D eigenvalue weighted by Gasteiger charge is 2.27. The fourth-order valence-electron chi connectivity index (χ4n) is 2.94. The molecule has 1 aliphatic rings. The summed E-state index contributed by atoms with van der Waals surface area (Å²) in [6, 6.07) is 7.28. The van der Waals surface area contributed by atoms with Gasteiger partial charge in [0.1, 0.15) is 5.82 Å². The largest absolute Gasteiger partial charge is 0.377 e. The van der Waals surface area contributed by atoms with E-state index >= 15 is 0 Å². The van der Waals surface area contributed by atoms with Crippen molar-refractivity contribution in [3.8, 4) is 5.69 Å². The molecule has 1 atom stereocenters. The van der Waals surface area contributed by atoms with Gasteiger partial charge in [-0.2, -0.15) is 0 Å². The van der Waals surface area contributed by atoms with Gasteiger partial charge < -0.3 is 9.64 Å². The molecule has 128 valence electrons. The maximum absolute atomic E-state index is 12.7. The third kappa shape index (κ3) is 3.60. The van der Waals surface area contributed by atoms with Crippen molar-refractivity contribution in [3.05, 3.63) is 40.9 Å². The molecule has 6 nitrogen and oxygen atoms in total. The van der Waals surface area contributed by atoms with E-state index in [2.05, 4.69) is 10.1 Å². The number of likely N-dealkylation sites (tertiary alicyclic amines) is 1. The monoisotopic (exact) mass is 348 g/mol. The van der Waals surface area contributed by atoms with Gasteiger partial charge >= 0.3 is 0 Å². The second-order valence-electron chi connectivity index (χ2n) is 5.84. The molecule has 1 aliphatic heterocycles. The van der Waals surface area contributed by atoms with Crippen LogP contribution in [0.2, 0.25) is 5.02 Å². The number of hydrogen-bond donors (Lipinski definition) is 0. The predicted molar refractivity (Wildman–Crippen MR) is 91.7 cm³/mol. The molecule has 1 aromatic carbocycles. The van der Waals surface area contributed by atoms with Crippen molar-refractivity contribution in [1.29, 1.82) is 0 Å². The van der Waals surface area contributed by atoms with Crippen molar-refractivity contribution in [1.82, 2.24) is 19.7 Å². The maximum atomic E-state index is 12.7. The minimum Gasteiger partial charge on any atom is -0.377 e. The Morgan fingerprint density at radius 1 is 1.38 bits per heavy atom. The zero-order valence-electron chi connectivity index (χ0n) is 13.9. The lowest BCUT2D eigenvalue weighted by atomic mass is 10.1. The summed E-state index contributed by atoms with van der Waals surface area (Å²) < 4.78 is 7.32. The van der Waals surface area contributed by atoms with Gasteiger partial charge in [-0.05, 0) is 51.0 Å². The van der Waals surface area contributed by atoms with E-state index in [-0.39, 0.29) is 17.8 Å². The third-order valence-corrected chi connectivity index (χ3v) is 4.35. The van der Waals surface area contributed by atoms with Crippen molar-refractivity contribution in [2.24, 2.45) is 0 Å². The van der Waals surface area contributed by atoms with Crippen LogP contribution in [0.25, 0.3) is 5.69 Å². The average Bonchev–Trinajstić information content (AvgIpc) is 2.97. The molecule has 24 heavy (non-hydrogen) atoms. The van der Waals surface area contributed by atoms with E-state index in [9.17, 15) is 4.79 Å². The quantitative estimate of drug-likeness (QED) is 0.852. The van der Waals surface area contributed by atoms with Gasteiger partial charge in [0.25, 0.3) is 5.91 Å². The van der Waals surface area contributed by atoms with Crippen molar-refractivity contribution >= 4 is 17.5 Å². The maximum Gasteiger partial charge on any atom is 0.293 e. The Morgan fingerprint density at radius 2 is 2.12 bits per heavy atom. The molecule has 1 saturated heterocycles. The van der Waals surface area contributed by atoms with Crippen LogP contribution in [0.1, 0.15) is 36.2 Å². The highest BCUT2D eigenvalue weighted by Crippen LogP contribution is 2.17.